The largest absolute Gasteiger partial charge is 0.492 e. The minimum Gasteiger partial charge on any atom is -0.492 e. The summed E-state index contributed by atoms with van der Waals surface area (Å²) in [6.07, 6.45) is 0. The van der Waals surface area contributed by atoms with Gasteiger partial charge in [-0.25, -0.2) is 0 Å². The van der Waals surface area contributed by atoms with Crippen LogP contribution in [0.4, 0.5) is 5.69 Å². The van der Waals surface area contributed by atoms with Crippen molar-refractivity contribution in [3.8, 4) is 5.75 Å². The fourth-order valence-corrected chi connectivity index (χ4v) is 2.10. The van der Waals surface area contributed by atoms with Crippen molar-refractivity contribution < 1.29 is 4.74 Å². The summed E-state index contributed by atoms with van der Waals surface area (Å²) in [5.41, 5.74) is 7.99. The normalized spacial score (nSPS) is 10.3. The molecule has 0 aliphatic rings. The van der Waals surface area contributed by atoms with Crippen molar-refractivity contribution in [3.63, 3.8) is 0 Å². The minimum absolute atomic E-state index is 0.587. The lowest BCUT2D eigenvalue weighted by Gasteiger charge is -2.23. The van der Waals surface area contributed by atoms with Crippen LogP contribution in [0.3, 0.4) is 0 Å². The Hall–Kier alpha value is -2.00. The van der Waals surface area contributed by atoms with Crippen LogP contribution in [-0.2, 0) is 6.54 Å². The Morgan fingerprint density at radius 2 is 1.70 bits per heavy atom. The molecule has 2 aromatic rings. The van der Waals surface area contributed by atoms with Crippen molar-refractivity contribution in [3.05, 3.63) is 60.2 Å². The second-order valence-electron chi connectivity index (χ2n) is 4.61. The molecule has 0 heterocycles. The Morgan fingerprint density at radius 1 is 1.00 bits per heavy atom. The summed E-state index contributed by atoms with van der Waals surface area (Å²) in [6.45, 7) is 5.24. The highest BCUT2D eigenvalue weighted by molar-refractivity contribution is 5.47. The van der Waals surface area contributed by atoms with Gasteiger partial charge in [0.2, 0.25) is 0 Å². The van der Waals surface area contributed by atoms with Crippen LogP contribution < -0.4 is 15.4 Å². The zero-order valence-corrected chi connectivity index (χ0v) is 12.0. The molecule has 20 heavy (non-hydrogen) atoms. The molecule has 0 radical (unpaired) electrons. The van der Waals surface area contributed by atoms with Crippen LogP contribution in [0.5, 0.6) is 5.75 Å². The number of benzene rings is 2. The highest BCUT2D eigenvalue weighted by Gasteiger charge is 2.04. The van der Waals surface area contributed by atoms with E-state index >= 15 is 0 Å². The SMILES string of the molecule is CCN(CCOc1ccccc1)c1ccc(CN)cc1. The number of likely N-dealkylation sites (N-methyl/N-ethyl adjacent to an activating group) is 1. The van der Waals surface area contributed by atoms with Gasteiger partial charge < -0.3 is 15.4 Å². The fourth-order valence-electron chi connectivity index (χ4n) is 2.10. The number of hydrogen-bond acceptors (Lipinski definition) is 3. The Morgan fingerprint density at radius 3 is 2.30 bits per heavy atom. The van der Waals surface area contributed by atoms with Gasteiger partial charge in [-0.3, -0.25) is 0 Å². The first-order chi connectivity index (χ1) is 9.83. The summed E-state index contributed by atoms with van der Waals surface area (Å²) < 4.78 is 5.74. The second kappa shape index (κ2) is 7.56. The molecular formula is C17H22N2O. The summed E-state index contributed by atoms with van der Waals surface area (Å²) in [4.78, 5) is 2.29. The Labute approximate surface area is 121 Å². The van der Waals surface area contributed by atoms with Crippen molar-refractivity contribution in [2.45, 2.75) is 13.5 Å². The Kier molecular flexibility index (Phi) is 5.44. The van der Waals surface area contributed by atoms with E-state index in [1.54, 1.807) is 0 Å². The molecule has 106 valence electrons. The van der Waals surface area contributed by atoms with Gasteiger partial charge in [-0.15, -0.1) is 0 Å². The summed E-state index contributed by atoms with van der Waals surface area (Å²) in [7, 11) is 0. The summed E-state index contributed by atoms with van der Waals surface area (Å²) in [6, 6.07) is 18.3. The molecule has 0 saturated heterocycles. The van der Waals surface area contributed by atoms with Gasteiger partial charge in [-0.2, -0.15) is 0 Å². The van der Waals surface area contributed by atoms with E-state index in [-0.39, 0.29) is 0 Å². The molecule has 0 amide bonds. The molecule has 3 heteroatoms. The Bertz CT molecular complexity index is 496. The van der Waals surface area contributed by atoms with Crippen LogP contribution >= 0.6 is 0 Å². The van der Waals surface area contributed by atoms with Crippen molar-refractivity contribution in [2.24, 2.45) is 5.73 Å². The Balaban J connectivity index is 1.88. The van der Waals surface area contributed by atoms with E-state index in [1.165, 1.54) is 5.69 Å². The van der Waals surface area contributed by atoms with Gasteiger partial charge in [0.25, 0.3) is 0 Å². The molecule has 0 spiro atoms. The van der Waals surface area contributed by atoms with Crippen molar-refractivity contribution in [1.82, 2.24) is 0 Å². The molecule has 0 atom stereocenters. The van der Waals surface area contributed by atoms with Crippen molar-refractivity contribution >= 4 is 5.69 Å². The molecule has 0 aliphatic carbocycles. The number of rotatable bonds is 7. The lowest BCUT2D eigenvalue weighted by Crippen LogP contribution is -2.28. The average Bonchev–Trinajstić information content (AvgIpc) is 2.53. The molecule has 0 aliphatic heterocycles. The summed E-state index contributed by atoms with van der Waals surface area (Å²) in [5.74, 6) is 0.919. The van der Waals surface area contributed by atoms with Crippen LogP contribution in [0.15, 0.2) is 54.6 Å². The predicted molar refractivity (Wildman–Crippen MR) is 84.2 cm³/mol. The molecule has 0 aromatic heterocycles. The first kappa shape index (κ1) is 14.4. The van der Waals surface area contributed by atoms with Crippen LogP contribution in [0, 0.1) is 0 Å². The number of nitrogens with two attached hydrogens (primary N) is 1. The monoisotopic (exact) mass is 270 g/mol. The zero-order chi connectivity index (χ0) is 14.2. The molecule has 2 N–H and O–H groups in total. The smallest absolute Gasteiger partial charge is 0.119 e. The third kappa shape index (κ3) is 4.00. The summed E-state index contributed by atoms with van der Waals surface area (Å²) >= 11 is 0. The molecule has 3 nitrogen and oxygen atoms in total. The van der Waals surface area contributed by atoms with E-state index in [9.17, 15) is 0 Å². The average molecular weight is 270 g/mol. The molecule has 0 bridgehead atoms. The quantitative estimate of drug-likeness (QED) is 0.840. The van der Waals surface area contributed by atoms with Gasteiger partial charge in [-0.05, 0) is 36.8 Å². The van der Waals surface area contributed by atoms with E-state index in [0.717, 1.165) is 24.4 Å². The van der Waals surface area contributed by atoms with E-state index in [0.29, 0.717) is 13.2 Å². The molecule has 2 aromatic carbocycles. The topological polar surface area (TPSA) is 38.5 Å². The molecule has 0 fully saturated rings. The lowest BCUT2D eigenvalue weighted by molar-refractivity contribution is 0.324. The minimum atomic E-state index is 0.587. The van der Waals surface area contributed by atoms with Gasteiger partial charge in [0, 0.05) is 18.8 Å². The third-order valence-electron chi connectivity index (χ3n) is 3.29. The molecule has 2 rings (SSSR count). The number of hydrogen-bond donors (Lipinski definition) is 1. The summed E-state index contributed by atoms with van der Waals surface area (Å²) in [5, 5.41) is 0. The first-order valence-electron chi connectivity index (χ1n) is 7.05. The van der Waals surface area contributed by atoms with Gasteiger partial charge in [0.1, 0.15) is 12.4 Å². The van der Waals surface area contributed by atoms with E-state index in [1.807, 2.05) is 30.3 Å². The van der Waals surface area contributed by atoms with E-state index < -0.39 is 0 Å². The molecule has 0 saturated carbocycles. The zero-order valence-electron chi connectivity index (χ0n) is 12.0. The maximum Gasteiger partial charge on any atom is 0.119 e. The first-order valence-corrected chi connectivity index (χ1v) is 7.05. The highest BCUT2D eigenvalue weighted by Crippen LogP contribution is 2.15. The maximum absolute atomic E-state index is 5.74. The highest BCUT2D eigenvalue weighted by atomic mass is 16.5. The van der Waals surface area contributed by atoms with Crippen molar-refractivity contribution in [1.29, 1.82) is 0 Å². The van der Waals surface area contributed by atoms with Crippen LogP contribution in [0.25, 0.3) is 0 Å². The van der Waals surface area contributed by atoms with Crippen LogP contribution in [0.1, 0.15) is 12.5 Å². The standard InChI is InChI=1S/C17H22N2O/c1-2-19(16-10-8-15(14-18)9-11-16)12-13-20-17-6-4-3-5-7-17/h3-11H,2,12-14,18H2,1H3. The number of para-hydroxylation sites is 1. The van der Waals surface area contributed by atoms with Gasteiger partial charge >= 0.3 is 0 Å². The number of nitrogens with zero attached hydrogens (tertiary/aromatic N) is 1. The molecule has 0 unspecified atom stereocenters. The van der Waals surface area contributed by atoms with E-state index in [4.69, 9.17) is 10.5 Å². The van der Waals surface area contributed by atoms with E-state index in [2.05, 4.69) is 36.1 Å². The molecular weight excluding hydrogens is 248 g/mol. The predicted octanol–water partition coefficient (Wildman–Crippen LogP) is 3.05. The van der Waals surface area contributed by atoms with Crippen molar-refractivity contribution in [2.75, 3.05) is 24.6 Å². The maximum atomic E-state index is 5.74. The lowest BCUT2D eigenvalue weighted by atomic mass is 10.2. The third-order valence-corrected chi connectivity index (χ3v) is 3.29. The second-order valence-corrected chi connectivity index (χ2v) is 4.61. The number of anilines is 1. The van der Waals surface area contributed by atoms with Gasteiger partial charge in [-0.1, -0.05) is 30.3 Å². The number of ether oxygens (including phenoxy) is 1. The van der Waals surface area contributed by atoms with Crippen LogP contribution in [0.2, 0.25) is 0 Å². The van der Waals surface area contributed by atoms with Gasteiger partial charge in [0.05, 0.1) is 6.54 Å². The van der Waals surface area contributed by atoms with Gasteiger partial charge in [0.15, 0.2) is 0 Å². The van der Waals surface area contributed by atoms with Crippen LogP contribution in [-0.4, -0.2) is 19.7 Å². The fraction of sp³-hybridized carbons (Fsp3) is 0.294.